The van der Waals surface area contributed by atoms with E-state index in [1.165, 1.54) is 5.06 Å². The summed E-state index contributed by atoms with van der Waals surface area (Å²) in [4.78, 5) is 0. The van der Waals surface area contributed by atoms with Crippen LogP contribution in [0.1, 0.15) is 5.56 Å². The van der Waals surface area contributed by atoms with Gasteiger partial charge in [0.25, 0.3) is 0 Å². The van der Waals surface area contributed by atoms with Crippen molar-refractivity contribution in [3.05, 3.63) is 22.4 Å². The normalized spacial score (nSPS) is 10.6. The summed E-state index contributed by atoms with van der Waals surface area (Å²) in [5, 5.41) is 14.0. The molecule has 0 aliphatic rings. The first-order chi connectivity index (χ1) is 4.29. The van der Waals surface area contributed by atoms with Gasteiger partial charge in [0.2, 0.25) is 0 Å². The molecule has 0 aliphatic carbocycles. The maximum Gasteiger partial charge on any atom is 0.0493 e. The Morgan fingerprint density at radius 1 is 1.78 bits per heavy atom. The smallest absolute Gasteiger partial charge is 0.0493 e. The summed E-state index contributed by atoms with van der Waals surface area (Å²) in [5.41, 5.74) is 1.16. The Morgan fingerprint density at radius 2 is 2.56 bits per heavy atom. The average Bonchev–Trinajstić information content (AvgIpc) is 2.15. The first-order valence-corrected chi connectivity index (χ1v) is 3.64. The first kappa shape index (κ1) is 6.74. The zero-order valence-electron chi connectivity index (χ0n) is 5.24. The Labute approximate surface area is 58.3 Å². The van der Waals surface area contributed by atoms with Gasteiger partial charge in [-0.05, 0) is 22.4 Å². The minimum absolute atomic E-state index is 0.615. The fraction of sp³-hybridized carbons (Fsp3) is 0.333. The fourth-order valence-electron chi connectivity index (χ4n) is 0.647. The average molecular weight is 143 g/mol. The lowest BCUT2D eigenvalue weighted by atomic mass is 10.3. The van der Waals surface area contributed by atoms with Crippen LogP contribution in [0.15, 0.2) is 16.8 Å². The van der Waals surface area contributed by atoms with Crippen LogP contribution in [-0.2, 0) is 6.54 Å². The van der Waals surface area contributed by atoms with E-state index in [1.807, 2.05) is 16.8 Å². The molecule has 2 nitrogen and oxygen atoms in total. The van der Waals surface area contributed by atoms with Crippen LogP contribution in [0.2, 0.25) is 0 Å². The van der Waals surface area contributed by atoms with E-state index in [9.17, 15) is 0 Å². The van der Waals surface area contributed by atoms with Crippen LogP contribution in [-0.4, -0.2) is 17.3 Å². The van der Waals surface area contributed by atoms with E-state index >= 15 is 0 Å². The van der Waals surface area contributed by atoms with Crippen molar-refractivity contribution in [2.45, 2.75) is 6.54 Å². The SMILES string of the molecule is CN(O)Cc1ccsc1. The summed E-state index contributed by atoms with van der Waals surface area (Å²) in [6.45, 7) is 0.615. The molecule has 0 fully saturated rings. The molecule has 0 spiro atoms. The molecule has 50 valence electrons. The van der Waals surface area contributed by atoms with Gasteiger partial charge in [0.1, 0.15) is 0 Å². The minimum atomic E-state index is 0.615. The van der Waals surface area contributed by atoms with Gasteiger partial charge in [-0.25, -0.2) is 0 Å². The highest BCUT2D eigenvalue weighted by Gasteiger charge is 1.93. The zero-order valence-corrected chi connectivity index (χ0v) is 6.06. The van der Waals surface area contributed by atoms with E-state index in [0.717, 1.165) is 5.56 Å². The summed E-state index contributed by atoms with van der Waals surface area (Å²) in [6.07, 6.45) is 0. The second-order valence-corrected chi connectivity index (χ2v) is 2.73. The molecule has 0 radical (unpaired) electrons. The van der Waals surface area contributed by atoms with Gasteiger partial charge >= 0.3 is 0 Å². The summed E-state index contributed by atoms with van der Waals surface area (Å²) < 4.78 is 0. The van der Waals surface area contributed by atoms with Crippen LogP contribution >= 0.6 is 11.3 Å². The molecule has 3 heteroatoms. The molecule has 1 aromatic rings. The molecule has 1 rings (SSSR count). The molecular weight excluding hydrogens is 134 g/mol. The molecule has 9 heavy (non-hydrogen) atoms. The van der Waals surface area contributed by atoms with Gasteiger partial charge in [-0.15, -0.1) is 0 Å². The summed E-state index contributed by atoms with van der Waals surface area (Å²) >= 11 is 1.64. The number of hydrogen-bond donors (Lipinski definition) is 1. The van der Waals surface area contributed by atoms with E-state index in [4.69, 9.17) is 5.21 Å². The number of hydrogen-bond acceptors (Lipinski definition) is 3. The van der Waals surface area contributed by atoms with Crippen molar-refractivity contribution in [3.8, 4) is 0 Å². The van der Waals surface area contributed by atoms with Crippen LogP contribution in [0, 0.1) is 0 Å². The largest absolute Gasteiger partial charge is 0.314 e. The van der Waals surface area contributed by atoms with Gasteiger partial charge in [0.05, 0.1) is 0 Å². The summed E-state index contributed by atoms with van der Waals surface area (Å²) in [5.74, 6) is 0. The lowest BCUT2D eigenvalue weighted by molar-refractivity contribution is -0.0730. The van der Waals surface area contributed by atoms with E-state index in [2.05, 4.69) is 0 Å². The van der Waals surface area contributed by atoms with Crippen molar-refractivity contribution >= 4 is 11.3 Å². The van der Waals surface area contributed by atoms with Crippen molar-refractivity contribution in [2.24, 2.45) is 0 Å². The fourth-order valence-corrected chi connectivity index (χ4v) is 1.31. The lowest BCUT2D eigenvalue weighted by Crippen LogP contribution is -2.10. The highest BCUT2D eigenvalue weighted by molar-refractivity contribution is 7.07. The maximum absolute atomic E-state index is 8.76. The first-order valence-electron chi connectivity index (χ1n) is 2.70. The Balaban J connectivity index is 2.48. The van der Waals surface area contributed by atoms with Crippen molar-refractivity contribution < 1.29 is 5.21 Å². The van der Waals surface area contributed by atoms with Crippen LogP contribution < -0.4 is 0 Å². The van der Waals surface area contributed by atoms with Crippen LogP contribution in [0.25, 0.3) is 0 Å². The Morgan fingerprint density at radius 3 is 3.00 bits per heavy atom. The van der Waals surface area contributed by atoms with Crippen molar-refractivity contribution in [1.82, 2.24) is 5.06 Å². The Hall–Kier alpha value is -0.380. The molecular formula is C6H9NOS. The second-order valence-electron chi connectivity index (χ2n) is 1.95. The molecule has 0 saturated carbocycles. The Bertz CT molecular complexity index is 160. The molecule has 0 aliphatic heterocycles. The number of hydroxylamine groups is 2. The van der Waals surface area contributed by atoms with Crippen molar-refractivity contribution in [3.63, 3.8) is 0 Å². The quantitative estimate of drug-likeness (QED) is 0.635. The molecule has 0 saturated heterocycles. The van der Waals surface area contributed by atoms with Crippen LogP contribution in [0.3, 0.4) is 0 Å². The predicted molar refractivity (Wildman–Crippen MR) is 37.6 cm³/mol. The van der Waals surface area contributed by atoms with Crippen LogP contribution in [0.4, 0.5) is 0 Å². The van der Waals surface area contributed by atoms with Gasteiger partial charge in [-0.2, -0.15) is 16.4 Å². The van der Waals surface area contributed by atoms with E-state index in [0.29, 0.717) is 6.54 Å². The molecule has 1 aromatic heterocycles. The third kappa shape index (κ3) is 2.13. The van der Waals surface area contributed by atoms with Crippen LogP contribution in [0.5, 0.6) is 0 Å². The molecule has 0 bridgehead atoms. The molecule has 0 aromatic carbocycles. The van der Waals surface area contributed by atoms with E-state index in [-0.39, 0.29) is 0 Å². The molecule has 0 atom stereocenters. The minimum Gasteiger partial charge on any atom is -0.314 e. The standard InChI is InChI=1S/C6H9NOS/c1-7(8)4-6-2-3-9-5-6/h2-3,5,8H,4H2,1H3. The molecule has 0 amide bonds. The predicted octanol–water partition coefficient (Wildman–Crippen LogP) is 1.57. The summed E-state index contributed by atoms with van der Waals surface area (Å²) in [6, 6.07) is 2.00. The topological polar surface area (TPSA) is 23.5 Å². The Kier molecular flexibility index (Phi) is 2.22. The van der Waals surface area contributed by atoms with Gasteiger partial charge in [-0.3, -0.25) is 0 Å². The molecule has 1 heterocycles. The molecule has 0 unspecified atom stereocenters. The number of nitrogens with zero attached hydrogens (tertiary/aromatic N) is 1. The summed E-state index contributed by atoms with van der Waals surface area (Å²) in [7, 11) is 1.64. The second kappa shape index (κ2) is 2.96. The third-order valence-electron chi connectivity index (χ3n) is 0.991. The zero-order chi connectivity index (χ0) is 6.69. The monoisotopic (exact) mass is 143 g/mol. The van der Waals surface area contributed by atoms with Crippen molar-refractivity contribution in [2.75, 3.05) is 7.05 Å². The number of thiophene rings is 1. The van der Waals surface area contributed by atoms with Gasteiger partial charge in [0.15, 0.2) is 0 Å². The third-order valence-corrected chi connectivity index (χ3v) is 1.72. The van der Waals surface area contributed by atoms with Gasteiger partial charge < -0.3 is 5.21 Å². The lowest BCUT2D eigenvalue weighted by Gasteiger charge is -2.03. The molecule has 1 N–H and O–H groups in total. The van der Waals surface area contributed by atoms with Crippen molar-refractivity contribution in [1.29, 1.82) is 0 Å². The highest BCUT2D eigenvalue weighted by Crippen LogP contribution is 2.06. The highest BCUT2D eigenvalue weighted by atomic mass is 32.1. The van der Waals surface area contributed by atoms with Gasteiger partial charge in [-0.1, -0.05) is 0 Å². The van der Waals surface area contributed by atoms with E-state index in [1.54, 1.807) is 18.4 Å². The van der Waals surface area contributed by atoms with E-state index < -0.39 is 0 Å². The maximum atomic E-state index is 8.76. The van der Waals surface area contributed by atoms with Gasteiger partial charge in [0, 0.05) is 13.6 Å². The number of rotatable bonds is 2.